The SMILES string of the molecule is CCc1nc(-c2ccc3c(c2)CC[C@H]3N)no1.CCc1nc(-c2ccc3c(c2)CC[C@H]3NC(=O)c2cnn(C)c2)no1.Cn1cc(C(=O)O)cn1. The zero-order valence-electron chi connectivity index (χ0n) is 28.9. The number of nitrogens with two attached hydrogens (primary N) is 1. The lowest BCUT2D eigenvalue weighted by Gasteiger charge is -2.13. The number of aromatic carboxylic acids is 1. The molecule has 2 aliphatic rings. The van der Waals surface area contributed by atoms with Crippen LogP contribution < -0.4 is 11.1 Å². The second-order valence-electron chi connectivity index (χ2n) is 12.4. The molecule has 0 bridgehead atoms. The molecule has 51 heavy (non-hydrogen) atoms. The van der Waals surface area contributed by atoms with Crippen LogP contribution in [0.15, 0.2) is 70.2 Å². The Bertz CT molecular complexity index is 2140. The molecule has 0 radical (unpaired) electrons. The fourth-order valence-corrected chi connectivity index (χ4v) is 6.04. The number of carboxylic acids is 1. The van der Waals surface area contributed by atoms with E-state index in [-0.39, 0.29) is 23.6 Å². The summed E-state index contributed by atoms with van der Waals surface area (Å²) in [6.07, 6.45) is 11.4. The fourth-order valence-electron chi connectivity index (χ4n) is 6.04. The third-order valence-electron chi connectivity index (χ3n) is 8.77. The van der Waals surface area contributed by atoms with Crippen LogP contribution in [-0.2, 0) is 39.8 Å². The van der Waals surface area contributed by atoms with Gasteiger partial charge in [0.25, 0.3) is 5.91 Å². The van der Waals surface area contributed by atoms with E-state index in [0.717, 1.165) is 55.2 Å². The number of fused-ring (bicyclic) bond motifs is 2. The Morgan fingerprint density at radius 3 is 1.84 bits per heavy atom. The molecule has 0 saturated carbocycles. The first-order chi connectivity index (χ1) is 24.6. The van der Waals surface area contributed by atoms with Gasteiger partial charge in [0.1, 0.15) is 0 Å². The van der Waals surface area contributed by atoms with Crippen LogP contribution in [0.3, 0.4) is 0 Å². The first-order valence-electron chi connectivity index (χ1n) is 16.8. The largest absolute Gasteiger partial charge is 0.478 e. The Morgan fingerprint density at radius 2 is 1.35 bits per heavy atom. The number of nitrogens with one attached hydrogen (secondary N) is 1. The monoisotopic (exact) mass is 692 g/mol. The highest BCUT2D eigenvalue weighted by Gasteiger charge is 2.26. The zero-order valence-corrected chi connectivity index (χ0v) is 28.9. The minimum atomic E-state index is -0.942. The molecule has 0 saturated heterocycles. The van der Waals surface area contributed by atoms with Gasteiger partial charge in [0.15, 0.2) is 0 Å². The molecule has 2 atom stereocenters. The van der Waals surface area contributed by atoms with Crippen LogP contribution in [0.2, 0.25) is 0 Å². The molecule has 0 aliphatic heterocycles. The minimum absolute atomic E-state index is 0.0215. The van der Waals surface area contributed by atoms with Crippen molar-refractivity contribution in [1.29, 1.82) is 0 Å². The zero-order chi connectivity index (χ0) is 36.1. The molecule has 0 fully saturated rings. The van der Waals surface area contributed by atoms with E-state index in [4.69, 9.17) is 19.9 Å². The number of aromatic nitrogens is 8. The quantitative estimate of drug-likeness (QED) is 0.206. The highest BCUT2D eigenvalue weighted by atomic mass is 16.5. The van der Waals surface area contributed by atoms with Crippen molar-refractivity contribution < 1.29 is 23.7 Å². The van der Waals surface area contributed by atoms with E-state index < -0.39 is 5.97 Å². The van der Waals surface area contributed by atoms with Crippen LogP contribution in [0.25, 0.3) is 22.8 Å². The Kier molecular flexibility index (Phi) is 10.5. The van der Waals surface area contributed by atoms with Gasteiger partial charge in [-0.15, -0.1) is 0 Å². The maximum absolute atomic E-state index is 12.4. The van der Waals surface area contributed by atoms with Crippen molar-refractivity contribution in [2.45, 2.75) is 64.5 Å². The topological polar surface area (TPSA) is 206 Å². The lowest BCUT2D eigenvalue weighted by molar-refractivity contribution is 0.0696. The second kappa shape index (κ2) is 15.3. The Balaban J connectivity index is 0.000000148. The predicted octanol–water partition coefficient (Wildman–Crippen LogP) is 4.81. The van der Waals surface area contributed by atoms with Crippen LogP contribution in [0.5, 0.6) is 0 Å². The molecule has 4 heterocycles. The van der Waals surface area contributed by atoms with Gasteiger partial charge >= 0.3 is 5.97 Å². The number of hydrogen-bond donors (Lipinski definition) is 3. The van der Waals surface area contributed by atoms with E-state index in [9.17, 15) is 9.59 Å². The number of carboxylic acid groups (broad SMARTS) is 1. The second-order valence-corrected chi connectivity index (χ2v) is 12.4. The molecule has 15 heteroatoms. The number of carbonyl (C=O) groups is 2. The standard InChI is InChI=1S/C18H19N5O2.C13H15N3O.C5H6N2O2/c1-3-16-21-17(22-25-16)12-4-6-14-11(8-12)5-7-15(14)20-18(24)13-9-19-23(2)10-13;1-2-12-15-13(16-17-12)9-3-5-10-8(7-9)4-6-11(10)14;1-7-3-4(2-6-7)5(8)9/h4,6,8-10,15H,3,5,7H2,1-2H3,(H,20,24);3,5,7,11H,2,4,6,14H2,1H3;2-3H,1H3,(H,8,9)/t15-;11-;/m11./s1. The van der Waals surface area contributed by atoms with Crippen molar-refractivity contribution in [3.8, 4) is 22.8 Å². The van der Waals surface area contributed by atoms with Crippen LogP contribution in [-0.4, -0.2) is 56.8 Å². The normalized spacial score (nSPS) is 15.6. The van der Waals surface area contributed by atoms with Crippen molar-refractivity contribution in [2.24, 2.45) is 19.8 Å². The van der Waals surface area contributed by atoms with Crippen molar-refractivity contribution in [3.05, 3.63) is 106 Å². The van der Waals surface area contributed by atoms with E-state index in [2.05, 4.69) is 54.0 Å². The minimum Gasteiger partial charge on any atom is -0.478 e. The fraction of sp³-hybridized carbons (Fsp3) is 0.333. The molecule has 8 rings (SSSR count). The highest BCUT2D eigenvalue weighted by molar-refractivity contribution is 5.94. The number of aryl methyl sites for hydroxylation is 6. The average Bonchev–Trinajstić information content (AvgIpc) is 3.99. The molecular formula is C36H40N10O5. The summed E-state index contributed by atoms with van der Waals surface area (Å²) < 4.78 is 13.4. The highest BCUT2D eigenvalue weighted by Crippen LogP contribution is 2.34. The van der Waals surface area contributed by atoms with Gasteiger partial charge in [-0.1, -0.05) is 48.4 Å². The number of hydrogen-bond acceptors (Lipinski definition) is 11. The maximum atomic E-state index is 12.4. The number of carbonyl (C=O) groups excluding carboxylic acids is 1. The summed E-state index contributed by atoms with van der Waals surface area (Å²) in [6, 6.07) is 12.6. The van der Waals surface area contributed by atoms with Gasteiger partial charge < -0.3 is 25.2 Å². The van der Waals surface area contributed by atoms with Gasteiger partial charge in [0.2, 0.25) is 23.4 Å². The summed E-state index contributed by atoms with van der Waals surface area (Å²) in [5, 5.41) is 27.2. The molecule has 15 nitrogen and oxygen atoms in total. The van der Waals surface area contributed by atoms with Gasteiger partial charge in [-0.2, -0.15) is 20.2 Å². The maximum Gasteiger partial charge on any atom is 0.338 e. The lowest BCUT2D eigenvalue weighted by atomic mass is 10.0. The Hall–Kier alpha value is -5.96. The molecule has 0 unspecified atom stereocenters. The summed E-state index contributed by atoms with van der Waals surface area (Å²) in [5.41, 5.74) is 13.7. The summed E-state index contributed by atoms with van der Waals surface area (Å²) in [5.74, 6) is 1.56. The smallest absolute Gasteiger partial charge is 0.338 e. The van der Waals surface area contributed by atoms with Crippen molar-refractivity contribution in [1.82, 2.24) is 45.2 Å². The van der Waals surface area contributed by atoms with Gasteiger partial charge in [0.05, 0.1) is 29.6 Å². The Labute approximate surface area is 293 Å². The number of rotatable bonds is 7. The summed E-state index contributed by atoms with van der Waals surface area (Å²) in [6.45, 7) is 3.98. The molecule has 6 aromatic rings. The number of nitrogens with zero attached hydrogens (tertiary/aromatic N) is 8. The first kappa shape index (κ1) is 34.9. The Morgan fingerprint density at radius 1 is 0.824 bits per heavy atom. The predicted molar refractivity (Wildman–Crippen MR) is 185 cm³/mol. The third kappa shape index (κ3) is 8.10. The van der Waals surface area contributed by atoms with Crippen LogP contribution in [0.1, 0.15) is 93.5 Å². The lowest BCUT2D eigenvalue weighted by Crippen LogP contribution is -2.26. The third-order valence-corrected chi connectivity index (χ3v) is 8.77. The van der Waals surface area contributed by atoms with Gasteiger partial charge in [-0.25, -0.2) is 4.79 Å². The van der Waals surface area contributed by atoms with Crippen molar-refractivity contribution in [2.75, 3.05) is 0 Å². The molecule has 1 amide bonds. The molecule has 0 spiro atoms. The van der Waals surface area contributed by atoms with Crippen LogP contribution in [0, 0.1) is 0 Å². The summed E-state index contributed by atoms with van der Waals surface area (Å²) in [7, 11) is 3.47. The summed E-state index contributed by atoms with van der Waals surface area (Å²) >= 11 is 0. The van der Waals surface area contributed by atoms with Crippen molar-refractivity contribution >= 4 is 11.9 Å². The van der Waals surface area contributed by atoms with E-state index in [0.29, 0.717) is 29.0 Å². The van der Waals surface area contributed by atoms with Gasteiger partial charge in [-0.3, -0.25) is 14.2 Å². The first-order valence-corrected chi connectivity index (χ1v) is 16.8. The molecule has 264 valence electrons. The number of amides is 1. The molecule has 2 aromatic carbocycles. The molecule has 4 aromatic heterocycles. The van der Waals surface area contributed by atoms with E-state index >= 15 is 0 Å². The molecule has 2 aliphatic carbocycles. The van der Waals surface area contributed by atoms with Crippen LogP contribution >= 0.6 is 0 Å². The number of benzene rings is 2. The van der Waals surface area contributed by atoms with Gasteiger partial charge in [-0.05, 0) is 60.1 Å². The van der Waals surface area contributed by atoms with Crippen molar-refractivity contribution in [3.63, 3.8) is 0 Å². The van der Waals surface area contributed by atoms with Gasteiger partial charge in [0, 0.05) is 56.5 Å². The van der Waals surface area contributed by atoms with E-state index in [1.807, 2.05) is 32.0 Å². The van der Waals surface area contributed by atoms with E-state index in [1.165, 1.54) is 33.8 Å². The average molecular weight is 693 g/mol. The summed E-state index contributed by atoms with van der Waals surface area (Å²) in [4.78, 5) is 31.2. The molecular weight excluding hydrogens is 652 g/mol. The van der Waals surface area contributed by atoms with E-state index in [1.54, 1.807) is 31.2 Å². The van der Waals surface area contributed by atoms with Crippen LogP contribution in [0.4, 0.5) is 0 Å². The molecule has 4 N–H and O–H groups in total.